The number of hydrogen-bond donors (Lipinski definition) is 1. The van der Waals surface area contributed by atoms with Crippen molar-refractivity contribution in [2.24, 2.45) is 0 Å². The molecule has 1 rings (SSSR count). The summed E-state index contributed by atoms with van der Waals surface area (Å²) in [5.74, 6) is -2.46. The molecule has 6 heteroatoms. The third-order valence-corrected chi connectivity index (χ3v) is 2.02. The van der Waals surface area contributed by atoms with Crippen molar-refractivity contribution in [3.63, 3.8) is 0 Å². The highest BCUT2D eigenvalue weighted by atomic mass is 16.6. The van der Waals surface area contributed by atoms with Crippen LogP contribution in [0.2, 0.25) is 0 Å². The Morgan fingerprint density at radius 1 is 1.29 bits per heavy atom. The molecule has 1 heterocycles. The highest BCUT2D eigenvalue weighted by Gasteiger charge is 2.51. The van der Waals surface area contributed by atoms with Crippen LogP contribution in [-0.2, 0) is 24.7 Å². The van der Waals surface area contributed by atoms with Gasteiger partial charge in [0.05, 0.1) is 19.5 Å². The molecule has 0 unspecified atom stereocenters. The van der Waals surface area contributed by atoms with Crippen LogP contribution in [0.5, 0.6) is 0 Å². The fraction of sp³-hybridized carbons (Fsp3) is 0.455. The molecule has 1 aromatic rings. The quantitative estimate of drug-likeness (QED) is 0.601. The maximum absolute atomic E-state index is 11.6. The van der Waals surface area contributed by atoms with E-state index in [1.54, 1.807) is 13.8 Å². The Bertz CT molecular complexity index is 363. The van der Waals surface area contributed by atoms with E-state index in [1.807, 2.05) is 0 Å². The predicted molar refractivity (Wildman–Crippen MR) is 55.9 cm³/mol. The molecule has 0 saturated carbocycles. The Morgan fingerprint density at radius 2 is 1.82 bits per heavy atom. The van der Waals surface area contributed by atoms with Gasteiger partial charge in [0.15, 0.2) is 5.76 Å². The van der Waals surface area contributed by atoms with Crippen LogP contribution in [0, 0.1) is 0 Å². The molecule has 0 saturated heterocycles. The molecule has 0 atom stereocenters. The molecular formula is C11H14O6. The first-order valence-electron chi connectivity index (χ1n) is 5.18. The second-order valence-corrected chi connectivity index (χ2v) is 3.13. The molecule has 0 spiro atoms. The Labute approximate surface area is 98.1 Å². The van der Waals surface area contributed by atoms with Gasteiger partial charge in [-0.3, -0.25) is 0 Å². The van der Waals surface area contributed by atoms with Crippen LogP contribution in [0.4, 0.5) is 0 Å². The molecule has 0 aliphatic carbocycles. The summed E-state index contributed by atoms with van der Waals surface area (Å²) in [7, 11) is 0. The summed E-state index contributed by atoms with van der Waals surface area (Å²) >= 11 is 0. The second-order valence-electron chi connectivity index (χ2n) is 3.13. The van der Waals surface area contributed by atoms with Gasteiger partial charge in [-0.15, -0.1) is 0 Å². The maximum Gasteiger partial charge on any atom is 0.358 e. The molecule has 0 aromatic carbocycles. The Balaban J connectivity index is 3.09. The summed E-state index contributed by atoms with van der Waals surface area (Å²) in [6.07, 6.45) is 1.23. The van der Waals surface area contributed by atoms with Gasteiger partial charge < -0.3 is 19.0 Å². The first-order chi connectivity index (χ1) is 8.07. The molecule has 1 aromatic heterocycles. The van der Waals surface area contributed by atoms with Gasteiger partial charge in [-0.05, 0) is 26.0 Å². The molecule has 1 N–H and O–H groups in total. The van der Waals surface area contributed by atoms with E-state index in [-0.39, 0.29) is 19.0 Å². The summed E-state index contributed by atoms with van der Waals surface area (Å²) in [6.45, 7) is 3.18. The van der Waals surface area contributed by atoms with Gasteiger partial charge in [0.2, 0.25) is 0 Å². The number of hydrogen-bond acceptors (Lipinski definition) is 6. The molecule has 0 amide bonds. The van der Waals surface area contributed by atoms with Gasteiger partial charge in [-0.1, -0.05) is 0 Å². The van der Waals surface area contributed by atoms with Gasteiger partial charge in [-0.2, -0.15) is 0 Å². The van der Waals surface area contributed by atoms with Gasteiger partial charge in [-0.25, -0.2) is 9.59 Å². The first-order valence-corrected chi connectivity index (χ1v) is 5.18. The largest absolute Gasteiger partial charge is 0.465 e. The van der Waals surface area contributed by atoms with Gasteiger partial charge in [0.25, 0.3) is 0 Å². The van der Waals surface area contributed by atoms with Crippen LogP contribution in [-0.4, -0.2) is 30.3 Å². The van der Waals surface area contributed by atoms with Crippen LogP contribution in [0.1, 0.15) is 19.6 Å². The predicted octanol–water partition coefficient (Wildman–Crippen LogP) is 0.593. The highest BCUT2D eigenvalue weighted by molar-refractivity contribution is 6.03. The molecule has 0 aliphatic heterocycles. The van der Waals surface area contributed by atoms with Gasteiger partial charge >= 0.3 is 17.5 Å². The Morgan fingerprint density at radius 3 is 2.18 bits per heavy atom. The smallest absolute Gasteiger partial charge is 0.358 e. The number of esters is 2. The molecule has 0 radical (unpaired) electrons. The number of ether oxygens (including phenoxy) is 2. The van der Waals surface area contributed by atoms with E-state index in [0.717, 1.165) is 0 Å². The van der Waals surface area contributed by atoms with Crippen molar-refractivity contribution in [1.29, 1.82) is 0 Å². The van der Waals surface area contributed by atoms with E-state index in [1.165, 1.54) is 18.4 Å². The SMILES string of the molecule is CCOC(=O)C(O)(C(=O)OCC)c1ccco1. The average molecular weight is 242 g/mol. The lowest BCUT2D eigenvalue weighted by Gasteiger charge is -2.21. The standard InChI is InChI=1S/C11H14O6/c1-3-15-9(12)11(14,10(13)16-4-2)8-6-5-7-17-8/h5-7,14H,3-4H2,1-2H3. The molecule has 0 aliphatic rings. The van der Waals surface area contributed by atoms with Crippen molar-refractivity contribution in [3.8, 4) is 0 Å². The normalized spacial score (nSPS) is 11.0. The van der Waals surface area contributed by atoms with Crippen LogP contribution in [0.3, 0.4) is 0 Å². The van der Waals surface area contributed by atoms with Crippen LogP contribution < -0.4 is 0 Å². The summed E-state index contributed by atoms with van der Waals surface area (Å²) < 4.78 is 14.2. The Kier molecular flexibility index (Phi) is 4.28. The Hall–Kier alpha value is -1.82. The van der Waals surface area contributed by atoms with Crippen LogP contribution in [0.15, 0.2) is 22.8 Å². The van der Waals surface area contributed by atoms with Crippen molar-refractivity contribution >= 4 is 11.9 Å². The number of rotatable bonds is 5. The summed E-state index contributed by atoms with van der Waals surface area (Å²) in [5, 5.41) is 10.1. The molecule has 0 bridgehead atoms. The topological polar surface area (TPSA) is 86.0 Å². The van der Waals surface area contributed by atoms with Crippen molar-refractivity contribution in [2.75, 3.05) is 13.2 Å². The second kappa shape index (κ2) is 5.49. The first kappa shape index (κ1) is 13.2. The summed E-state index contributed by atoms with van der Waals surface area (Å²) in [5.41, 5.74) is -2.55. The average Bonchev–Trinajstić information content (AvgIpc) is 2.82. The summed E-state index contributed by atoms with van der Waals surface area (Å²) in [4.78, 5) is 23.3. The molecule has 94 valence electrons. The summed E-state index contributed by atoms with van der Waals surface area (Å²) in [6, 6.07) is 2.74. The van der Waals surface area contributed by atoms with Crippen molar-refractivity contribution < 1.29 is 28.6 Å². The monoisotopic (exact) mass is 242 g/mol. The number of furan rings is 1. The van der Waals surface area contributed by atoms with E-state index in [4.69, 9.17) is 4.42 Å². The van der Waals surface area contributed by atoms with E-state index < -0.39 is 17.5 Å². The lowest BCUT2D eigenvalue weighted by molar-refractivity contribution is -0.186. The van der Waals surface area contributed by atoms with Crippen LogP contribution >= 0.6 is 0 Å². The number of aliphatic hydroxyl groups is 1. The maximum atomic E-state index is 11.6. The molecule has 0 fully saturated rings. The zero-order valence-corrected chi connectivity index (χ0v) is 9.63. The van der Waals surface area contributed by atoms with E-state index >= 15 is 0 Å². The fourth-order valence-electron chi connectivity index (χ4n) is 1.24. The zero-order chi connectivity index (χ0) is 12.9. The third kappa shape index (κ3) is 2.47. The lowest BCUT2D eigenvalue weighted by atomic mass is 10.0. The minimum atomic E-state index is -2.55. The van der Waals surface area contributed by atoms with Crippen LogP contribution in [0.25, 0.3) is 0 Å². The minimum absolute atomic E-state index is 0.0290. The zero-order valence-electron chi connectivity index (χ0n) is 9.63. The fourth-order valence-corrected chi connectivity index (χ4v) is 1.24. The number of carbonyl (C=O) groups is 2. The van der Waals surface area contributed by atoms with Gasteiger partial charge in [0.1, 0.15) is 0 Å². The highest BCUT2D eigenvalue weighted by Crippen LogP contribution is 2.25. The minimum Gasteiger partial charge on any atom is -0.465 e. The third-order valence-electron chi connectivity index (χ3n) is 2.02. The van der Waals surface area contributed by atoms with E-state index in [2.05, 4.69) is 9.47 Å². The van der Waals surface area contributed by atoms with E-state index in [0.29, 0.717) is 0 Å². The lowest BCUT2D eigenvalue weighted by Crippen LogP contribution is -2.45. The molecule has 6 nitrogen and oxygen atoms in total. The van der Waals surface area contributed by atoms with E-state index in [9.17, 15) is 14.7 Å². The van der Waals surface area contributed by atoms with Crippen molar-refractivity contribution in [3.05, 3.63) is 24.2 Å². The molecular weight excluding hydrogens is 228 g/mol. The number of carbonyl (C=O) groups excluding carboxylic acids is 2. The van der Waals surface area contributed by atoms with Crippen molar-refractivity contribution in [2.45, 2.75) is 19.4 Å². The van der Waals surface area contributed by atoms with Crippen molar-refractivity contribution in [1.82, 2.24) is 0 Å². The van der Waals surface area contributed by atoms with Gasteiger partial charge in [0, 0.05) is 0 Å². The molecule has 17 heavy (non-hydrogen) atoms.